The highest BCUT2D eigenvalue weighted by Gasteiger charge is 2.19. The Morgan fingerprint density at radius 1 is 0.432 bits per heavy atom. The lowest BCUT2D eigenvalue weighted by molar-refractivity contribution is -0.167. The lowest BCUT2D eigenvalue weighted by atomic mass is 10.0. The Morgan fingerprint density at radius 2 is 0.750 bits per heavy atom. The number of rotatable bonds is 33. The van der Waals surface area contributed by atoms with Crippen LogP contribution in [0.3, 0.4) is 0 Å². The van der Waals surface area contributed by atoms with Crippen LogP contribution >= 0.6 is 0 Å². The Balaban J connectivity index is 4.29. The van der Waals surface area contributed by atoms with Gasteiger partial charge < -0.3 is 14.2 Å². The minimum Gasteiger partial charge on any atom is -0.462 e. The van der Waals surface area contributed by atoms with Gasteiger partial charge in [0, 0.05) is 19.3 Å². The maximum atomic E-state index is 12.5. The predicted octanol–water partition coefficient (Wildman–Crippen LogP) is 11.2. The molecule has 0 rings (SSSR count). The highest BCUT2D eigenvalue weighted by molar-refractivity contribution is 5.71. The minimum absolute atomic E-state index is 0.0665. The molecule has 0 N–H and O–H groups in total. The van der Waals surface area contributed by atoms with Crippen molar-refractivity contribution in [2.24, 2.45) is 5.92 Å². The molecule has 0 bridgehead atoms. The molecule has 44 heavy (non-hydrogen) atoms. The molecule has 0 spiro atoms. The molecule has 0 fully saturated rings. The molecule has 6 nitrogen and oxygen atoms in total. The molecule has 0 aliphatic rings. The number of esters is 3. The van der Waals surface area contributed by atoms with Crippen molar-refractivity contribution in [3.05, 3.63) is 0 Å². The number of unbranched alkanes of at least 4 members (excludes halogenated alkanes) is 20. The maximum Gasteiger partial charge on any atom is 0.306 e. The first kappa shape index (κ1) is 42.4. The number of ether oxygens (including phenoxy) is 3. The van der Waals surface area contributed by atoms with E-state index in [1.807, 2.05) is 0 Å². The Bertz CT molecular complexity index is 662. The second-order valence-electron chi connectivity index (χ2n) is 13.3. The largest absolute Gasteiger partial charge is 0.462 e. The van der Waals surface area contributed by atoms with Gasteiger partial charge >= 0.3 is 17.9 Å². The topological polar surface area (TPSA) is 78.9 Å². The Kier molecular flexibility index (Phi) is 31.6. The second-order valence-corrected chi connectivity index (χ2v) is 13.3. The molecule has 260 valence electrons. The van der Waals surface area contributed by atoms with Crippen molar-refractivity contribution in [3.63, 3.8) is 0 Å². The zero-order chi connectivity index (χ0) is 32.5. The fourth-order valence-electron chi connectivity index (χ4n) is 5.39. The summed E-state index contributed by atoms with van der Waals surface area (Å²) in [6.07, 6.45) is 28.3. The number of hydrogen-bond acceptors (Lipinski definition) is 6. The van der Waals surface area contributed by atoms with Crippen LogP contribution in [-0.4, -0.2) is 37.2 Å². The molecule has 0 heterocycles. The molecule has 1 atom stereocenters. The van der Waals surface area contributed by atoms with Crippen LogP contribution < -0.4 is 0 Å². The summed E-state index contributed by atoms with van der Waals surface area (Å²) in [5.41, 5.74) is 0. The van der Waals surface area contributed by atoms with Crippen LogP contribution in [0.2, 0.25) is 0 Å². The molecule has 0 aromatic heterocycles. The lowest BCUT2D eigenvalue weighted by Crippen LogP contribution is -2.30. The van der Waals surface area contributed by atoms with Crippen LogP contribution in [0.4, 0.5) is 0 Å². The number of hydrogen-bond donors (Lipinski definition) is 0. The predicted molar refractivity (Wildman–Crippen MR) is 183 cm³/mol. The first-order valence-corrected chi connectivity index (χ1v) is 18.9. The van der Waals surface area contributed by atoms with Gasteiger partial charge in [0.1, 0.15) is 13.2 Å². The molecule has 0 radical (unpaired) electrons. The van der Waals surface area contributed by atoms with Crippen LogP contribution in [0.25, 0.3) is 0 Å². The van der Waals surface area contributed by atoms with E-state index < -0.39 is 6.10 Å². The number of carbonyl (C=O) groups excluding carboxylic acids is 3. The van der Waals surface area contributed by atoms with Gasteiger partial charge in [-0.1, -0.05) is 163 Å². The van der Waals surface area contributed by atoms with E-state index in [9.17, 15) is 14.4 Å². The van der Waals surface area contributed by atoms with Gasteiger partial charge in [-0.3, -0.25) is 14.4 Å². The zero-order valence-corrected chi connectivity index (χ0v) is 29.6. The van der Waals surface area contributed by atoms with Crippen LogP contribution in [0.5, 0.6) is 0 Å². The van der Waals surface area contributed by atoms with Crippen molar-refractivity contribution in [2.45, 2.75) is 207 Å². The first-order chi connectivity index (χ1) is 21.4. The standard InChI is InChI=1S/C38H72O6/c1-5-7-9-11-12-13-14-18-22-26-30-37(40)43-33-35(32-42-36(39)29-25-20-10-8-6-2)44-38(41)31-27-23-19-16-15-17-21-24-28-34(3)4/h34-35H,5-33H2,1-4H3/t35-/m1/s1. The zero-order valence-electron chi connectivity index (χ0n) is 29.6. The Labute approximate surface area is 272 Å². The van der Waals surface area contributed by atoms with E-state index in [2.05, 4.69) is 27.7 Å². The summed E-state index contributed by atoms with van der Waals surface area (Å²) in [4.78, 5) is 37.1. The Morgan fingerprint density at radius 3 is 1.11 bits per heavy atom. The first-order valence-electron chi connectivity index (χ1n) is 18.9. The fraction of sp³-hybridized carbons (Fsp3) is 0.921. The van der Waals surface area contributed by atoms with Crippen LogP contribution in [-0.2, 0) is 28.6 Å². The molecule has 0 unspecified atom stereocenters. The maximum absolute atomic E-state index is 12.5. The lowest BCUT2D eigenvalue weighted by Gasteiger charge is -2.18. The van der Waals surface area contributed by atoms with E-state index in [4.69, 9.17) is 14.2 Å². The van der Waals surface area contributed by atoms with E-state index in [0.29, 0.717) is 19.3 Å². The molecule has 0 amide bonds. The third-order valence-electron chi connectivity index (χ3n) is 8.29. The van der Waals surface area contributed by atoms with Crippen molar-refractivity contribution in [2.75, 3.05) is 13.2 Å². The van der Waals surface area contributed by atoms with Crippen molar-refractivity contribution in [1.29, 1.82) is 0 Å². The highest BCUT2D eigenvalue weighted by Crippen LogP contribution is 2.15. The van der Waals surface area contributed by atoms with Crippen molar-refractivity contribution in [1.82, 2.24) is 0 Å². The van der Waals surface area contributed by atoms with Gasteiger partial charge in [-0.05, 0) is 25.2 Å². The van der Waals surface area contributed by atoms with Gasteiger partial charge in [0.05, 0.1) is 0 Å². The molecule has 0 aliphatic heterocycles. The molecular weight excluding hydrogens is 552 g/mol. The minimum atomic E-state index is -0.756. The summed E-state index contributed by atoms with van der Waals surface area (Å²) < 4.78 is 16.5. The monoisotopic (exact) mass is 625 g/mol. The summed E-state index contributed by atoms with van der Waals surface area (Å²) in [7, 11) is 0. The molecule has 0 saturated heterocycles. The average Bonchev–Trinajstić information content (AvgIpc) is 3.00. The smallest absolute Gasteiger partial charge is 0.306 e. The van der Waals surface area contributed by atoms with E-state index in [-0.39, 0.29) is 31.1 Å². The molecule has 6 heteroatoms. The second kappa shape index (κ2) is 32.8. The molecule has 0 aromatic rings. The summed E-state index contributed by atoms with van der Waals surface area (Å²) in [6, 6.07) is 0. The summed E-state index contributed by atoms with van der Waals surface area (Å²) in [5, 5.41) is 0. The molecule has 0 saturated carbocycles. The average molecular weight is 625 g/mol. The fourth-order valence-corrected chi connectivity index (χ4v) is 5.39. The Hall–Kier alpha value is -1.59. The molecule has 0 aromatic carbocycles. The molecule has 0 aliphatic carbocycles. The summed E-state index contributed by atoms with van der Waals surface area (Å²) in [5.74, 6) is -0.0892. The van der Waals surface area contributed by atoms with Crippen LogP contribution in [0.1, 0.15) is 201 Å². The summed E-state index contributed by atoms with van der Waals surface area (Å²) >= 11 is 0. The van der Waals surface area contributed by atoms with Gasteiger partial charge in [0.25, 0.3) is 0 Å². The van der Waals surface area contributed by atoms with Gasteiger partial charge in [-0.25, -0.2) is 0 Å². The van der Waals surface area contributed by atoms with Gasteiger partial charge in [0.15, 0.2) is 6.10 Å². The normalized spacial score (nSPS) is 11.9. The third kappa shape index (κ3) is 31.8. The van der Waals surface area contributed by atoms with Crippen molar-refractivity contribution >= 4 is 17.9 Å². The van der Waals surface area contributed by atoms with E-state index in [0.717, 1.165) is 70.1 Å². The highest BCUT2D eigenvalue weighted by atomic mass is 16.6. The van der Waals surface area contributed by atoms with Crippen molar-refractivity contribution < 1.29 is 28.6 Å². The van der Waals surface area contributed by atoms with E-state index in [1.54, 1.807) is 0 Å². The van der Waals surface area contributed by atoms with E-state index in [1.165, 1.54) is 89.9 Å². The SMILES string of the molecule is CCCCCCCCCCCCC(=O)OC[C@@H](COC(=O)CCCCCCC)OC(=O)CCCCCCCCCCC(C)C. The van der Waals surface area contributed by atoms with E-state index >= 15 is 0 Å². The summed E-state index contributed by atoms with van der Waals surface area (Å²) in [6.45, 7) is 8.83. The quantitative estimate of drug-likeness (QED) is 0.0410. The van der Waals surface area contributed by atoms with Gasteiger partial charge in [-0.2, -0.15) is 0 Å². The van der Waals surface area contributed by atoms with Gasteiger partial charge in [-0.15, -0.1) is 0 Å². The number of carbonyl (C=O) groups is 3. The third-order valence-corrected chi connectivity index (χ3v) is 8.29. The van der Waals surface area contributed by atoms with Crippen LogP contribution in [0.15, 0.2) is 0 Å². The van der Waals surface area contributed by atoms with Crippen LogP contribution in [0, 0.1) is 5.92 Å². The molecular formula is C38H72O6. The van der Waals surface area contributed by atoms with Gasteiger partial charge in [0.2, 0.25) is 0 Å². The van der Waals surface area contributed by atoms with Crippen molar-refractivity contribution in [3.8, 4) is 0 Å².